The molecule has 0 spiro atoms. The third kappa shape index (κ3) is 1.93. The first-order chi connectivity index (χ1) is 7.70. The Balaban J connectivity index is 2.43. The zero-order valence-electron chi connectivity index (χ0n) is 8.60. The van der Waals surface area contributed by atoms with Crippen LogP contribution in [0.25, 0.3) is 11.0 Å². The molecular formula is C11H10O5. The molecule has 0 aliphatic rings. The Morgan fingerprint density at radius 3 is 3.00 bits per heavy atom. The fraction of sp³-hybridized carbons (Fsp3) is 0.182. The maximum absolute atomic E-state index is 10.3. The van der Waals surface area contributed by atoms with Gasteiger partial charge in [-0.05, 0) is 13.0 Å². The first kappa shape index (κ1) is 10.4. The van der Waals surface area contributed by atoms with Crippen LogP contribution in [0.5, 0.6) is 11.7 Å². The van der Waals surface area contributed by atoms with Gasteiger partial charge in [0.2, 0.25) is 0 Å². The molecule has 0 atom stereocenters. The number of fused-ring (bicyclic) bond motifs is 1. The van der Waals surface area contributed by atoms with Crippen molar-refractivity contribution in [2.75, 3.05) is 6.61 Å². The Hall–Kier alpha value is -2.17. The predicted molar refractivity (Wildman–Crippen MR) is 56.0 cm³/mol. The molecule has 1 aromatic carbocycles. The summed E-state index contributed by atoms with van der Waals surface area (Å²) in [5.74, 6) is 0.509. The van der Waals surface area contributed by atoms with E-state index in [9.17, 15) is 4.79 Å². The quantitative estimate of drug-likeness (QED) is 0.808. The fourth-order valence-corrected chi connectivity index (χ4v) is 1.42. The number of benzene rings is 1. The van der Waals surface area contributed by atoms with Gasteiger partial charge >= 0.3 is 6.16 Å². The largest absolute Gasteiger partial charge is 0.513 e. The van der Waals surface area contributed by atoms with E-state index in [1.54, 1.807) is 18.2 Å². The van der Waals surface area contributed by atoms with Crippen molar-refractivity contribution in [1.82, 2.24) is 0 Å². The van der Waals surface area contributed by atoms with Crippen molar-refractivity contribution >= 4 is 17.1 Å². The SMILES string of the molecule is CCOc1cccc2cc(OC(=O)O)oc12. The van der Waals surface area contributed by atoms with Crippen molar-refractivity contribution in [2.24, 2.45) is 0 Å². The first-order valence-corrected chi connectivity index (χ1v) is 4.77. The molecular weight excluding hydrogens is 212 g/mol. The van der Waals surface area contributed by atoms with Gasteiger partial charge in [-0.1, -0.05) is 12.1 Å². The number of ether oxygens (including phenoxy) is 2. The third-order valence-corrected chi connectivity index (χ3v) is 1.97. The molecule has 0 aliphatic carbocycles. The molecule has 84 valence electrons. The van der Waals surface area contributed by atoms with Crippen LogP contribution >= 0.6 is 0 Å². The Morgan fingerprint density at radius 2 is 2.31 bits per heavy atom. The zero-order chi connectivity index (χ0) is 11.5. The van der Waals surface area contributed by atoms with Crippen molar-refractivity contribution in [3.8, 4) is 11.7 Å². The molecule has 5 nitrogen and oxygen atoms in total. The lowest BCUT2D eigenvalue weighted by atomic mass is 10.2. The molecule has 1 N–H and O–H groups in total. The molecule has 0 aliphatic heterocycles. The summed E-state index contributed by atoms with van der Waals surface area (Å²) in [4.78, 5) is 10.3. The number of hydrogen-bond donors (Lipinski definition) is 1. The summed E-state index contributed by atoms with van der Waals surface area (Å²) in [6.07, 6.45) is -1.41. The highest BCUT2D eigenvalue weighted by molar-refractivity contribution is 5.84. The summed E-state index contributed by atoms with van der Waals surface area (Å²) in [6, 6.07) is 6.84. The lowest BCUT2D eigenvalue weighted by Gasteiger charge is -2.01. The summed E-state index contributed by atoms with van der Waals surface area (Å²) in [6.45, 7) is 2.37. The number of carbonyl (C=O) groups is 1. The lowest BCUT2D eigenvalue weighted by Crippen LogP contribution is -2.01. The van der Waals surface area contributed by atoms with E-state index in [1.807, 2.05) is 6.92 Å². The molecule has 0 amide bonds. The molecule has 1 aromatic heterocycles. The minimum Gasteiger partial charge on any atom is -0.490 e. The van der Waals surface area contributed by atoms with Crippen molar-refractivity contribution in [1.29, 1.82) is 0 Å². The fourth-order valence-electron chi connectivity index (χ4n) is 1.42. The smallest absolute Gasteiger partial charge is 0.490 e. The van der Waals surface area contributed by atoms with Crippen LogP contribution in [0.1, 0.15) is 6.92 Å². The molecule has 0 saturated heterocycles. The Kier molecular flexibility index (Phi) is 2.68. The van der Waals surface area contributed by atoms with Crippen LogP contribution < -0.4 is 9.47 Å². The van der Waals surface area contributed by atoms with E-state index in [0.29, 0.717) is 17.9 Å². The number of furan rings is 1. The molecule has 0 fully saturated rings. The topological polar surface area (TPSA) is 68.9 Å². The third-order valence-electron chi connectivity index (χ3n) is 1.97. The normalized spacial score (nSPS) is 10.3. The highest BCUT2D eigenvalue weighted by atomic mass is 16.7. The van der Waals surface area contributed by atoms with Gasteiger partial charge in [-0.2, -0.15) is 0 Å². The number of para-hydroxylation sites is 1. The standard InChI is InChI=1S/C11H10O5/c1-2-14-8-5-3-4-7-6-9(15-10(7)8)16-11(12)13/h3-6H,2H2,1H3,(H,12,13). The number of carboxylic acid groups (broad SMARTS) is 1. The van der Waals surface area contributed by atoms with Gasteiger partial charge in [0.25, 0.3) is 5.95 Å². The number of rotatable bonds is 3. The summed E-state index contributed by atoms with van der Waals surface area (Å²) in [7, 11) is 0. The maximum atomic E-state index is 10.3. The molecule has 0 bridgehead atoms. The van der Waals surface area contributed by atoms with E-state index in [4.69, 9.17) is 14.3 Å². The van der Waals surface area contributed by atoms with Gasteiger partial charge in [0.05, 0.1) is 6.61 Å². The zero-order valence-corrected chi connectivity index (χ0v) is 8.60. The van der Waals surface area contributed by atoms with Gasteiger partial charge in [0, 0.05) is 11.5 Å². The second-order valence-corrected chi connectivity index (χ2v) is 3.04. The van der Waals surface area contributed by atoms with E-state index in [2.05, 4.69) is 4.74 Å². The van der Waals surface area contributed by atoms with Crippen LogP contribution in [-0.2, 0) is 0 Å². The van der Waals surface area contributed by atoms with Crippen LogP contribution in [0.4, 0.5) is 4.79 Å². The average molecular weight is 222 g/mol. The molecule has 0 unspecified atom stereocenters. The van der Waals surface area contributed by atoms with Gasteiger partial charge in [0.1, 0.15) is 0 Å². The molecule has 1 heterocycles. The first-order valence-electron chi connectivity index (χ1n) is 4.77. The molecule has 0 radical (unpaired) electrons. The molecule has 2 rings (SSSR count). The van der Waals surface area contributed by atoms with E-state index >= 15 is 0 Å². The van der Waals surface area contributed by atoms with Crippen molar-refractivity contribution in [3.63, 3.8) is 0 Å². The average Bonchev–Trinajstić information content (AvgIpc) is 2.60. The maximum Gasteiger partial charge on any atom is 0.513 e. The van der Waals surface area contributed by atoms with Gasteiger partial charge in [0.15, 0.2) is 11.3 Å². The molecule has 5 heteroatoms. The minimum atomic E-state index is -1.41. The van der Waals surface area contributed by atoms with Crippen molar-refractivity contribution in [2.45, 2.75) is 6.92 Å². The second-order valence-electron chi connectivity index (χ2n) is 3.04. The van der Waals surface area contributed by atoms with Crippen LogP contribution in [0.2, 0.25) is 0 Å². The number of hydrogen-bond acceptors (Lipinski definition) is 4. The van der Waals surface area contributed by atoms with Crippen LogP contribution in [0, 0.1) is 0 Å². The summed E-state index contributed by atoms with van der Waals surface area (Å²) < 4.78 is 15.0. The Labute approximate surface area is 91.2 Å². The van der Waals surface area contributed by atoms with E-state index in [0.717, 1.165) is 5.39 Å². The van der Waals surface area contributed by atoms with Crippen molar-refractivity contribution in [3.05, 3.63) is 24.3 Å². The van der Waals surface area contributed by atoms with E-state index in [1.165, 1.54) is 6.07 Å². The highest BCUT2D eigenvalue weighted by Crippen LogP contribution is 2.32. The molecule has 16 heavy (non-hydrogen) atoms. The van der Waals surface area contributed by atoms with E-state index < -0.39 is 6.16 Å². The second kappa shape index (κ2) is 4.14. The van der Waals surface area contributed by atoms with Gasteiger partial charge in [-0.3, -0.25) is 0 Å². The van der Waals surface area contributed by atoms with Gasteiger partial charge in [-0.15, -0.1) is 0 Å². The summed E-state index contributed by atoms with van der Waals surface area (Å²) in [5, 5.41) is 9.19. The van der Waals surface area contributed by atoms with Gasteiger partial charge in [-0.25, -0.2) is 4.79 Å². The van der Waals surface area contributed by atoms with Gasteiger partial charge < -0.3 is 19.0 Å². The van der Waals surface area contributed by atoms with Crippen LogP contribution in [0.3, 0.4) is 0 Å². The monoisotopic (exact) mass is 222 g/mol. The van der Waals surface area contributed by atoms with Crippen molar-refractivity contribution < 1.29 is 23.8 Å². The predicted octanol–water partition coefficient (Wildman–Crippen LogP) is 2.89. The summed E-state index contributed by atoms with van der Waals surface area (Å²) in [5.41, 5.74) is 0.487. The summed E-state index contributed by atoms with van der Waals surface area (Å²) >= 11 is 0. The Morgan fingerprint density at radius 1 is 1.50 bits per heavy atom. The highest BCUT2D eigenvalue weighted by Gasteiger charge is 2.11. The van der Waals surface area contributed by atoms with Crippen LogP contribution in [-0.4, -0.2) is 17.9 Å². The Bertz CT molecular complexity index is 514. The molecule has 2 aromatic rings. The van der Waals surface area contributed by atoms with E-state index in [-0.39, 0.29) is 5.95 Å². The molecule has 0 saturated carbocycles. The lowest BCUT2D eigenvalue weighted by molar-refractivity contribution is 0.134. The minimum absolute atomic E-state index is 0.0605. The van der Waals surface area contributed by atoms with Crippen LogP contribution in [0.15, 0.2) is 28.7 Å².